The van der Waals surface area contributed by atoms with Crippen LogP contribution < -0.4 is 10.9 Å². The summed E-state index contributed by atoms with van der Waals surface area (Å²) in [5.41, 5.74) is 4.06. The number of thiazole rings is 1. The van der Waals surface area contributed by atoms with E-state index in [1.807, 2.05) is 19.1 Å². The van der Waals surface area contributed by atoms with Crippen molar-refractivity contribution in [3.05, 3.63) is 63.1 Å². The second kappa shape index (κ2) is 8.02. The van der Waals surface area contributed by atoms with Gasteiger partial charge in [-0.15, -0.1) is 11.3 Å². The Kier molecular flexibility index (Phi) is 5.29. The summed E-state index contributed by atoms with van der Waals surface area (Å²) in [7, 11) is 0. The number of nitrogens with zero attached hydrogens (tertiary/aromatic N) is 4. The molecule has 8 heteroatoms. The second-order valence-corrected chi connectivity index (χ2v) is 7.84. The van der Waals surface area contributed by atoms with E-state index in [4.69, 9.17) is 0 Å². The van der Waals surface area contributed by atoms with E-state index in [0.29, 0.717) is 4.88 Å². The normalized spacial score (nSPS) is 19.3. The molecule has 1 fully saturated rings. The highest BCUT2D eigenvalue weighted by molar-refractivity contribution is 7.11. The molecular formula is C20H21N5O2S. The van der Waals surface area contributed by atoms with Crippen LogP contribution in [0.2, 0.25) is 0 Å². The number of nitrogens with one attached hydrogen (secondary N) is 1. The summed E-state index contributed by atoms with van der Waals surface area (Å²) in [6.45, 7) is 1.84. The zero-order valence-corrected chi connectivity index (χ0v) is 16.4. The van der Waals surface area contributed by atoms with Gasteiger partial charge in [0, 0.05) is 30.1 Å². The first-order valence-corrected chi connectivity index (χ1v) is 10.2. The number of carbonyl (C=O) groups excluding carboxylic acids is 1. The molecule has 0 atom stereocenters. The highest BCUT2D eigenvalue weighted by Gasteiger charge is 2.26. The van der Waals surface area contributed by atoms with E-state index >= 15 is 0 Å². The molecule has 1 N–H and O–H groups in total. The first-order valence-electron chi connectivity index (χ1n) is 9.33. The number of amides is 1. The van der Waals surface area contributed by atoms with Crippen molar-refractivity contribution in [3.63, 3.8) is 0 Å². The van der Waals surface area contributed by atoms with Crippen molar-refractivity contribution in [2.45, 2.75) is 44.7 Å². The highest BCUT2D eigenvalue weighted by atomic mass is 32.1. The Bertz CT molecular complexity index is 1020. The third-order valence-electron chi connectivity index (χ3n) is 5.13. The largest absolute Gasteiger partial charge is 0.349 e. The highest BCUT2D eigenvalue weighted by Crippen LogP contribution is 2.28. The predicted octanol–water partition coefficient (Wildman–Crippen LogP) is 2.98. The van der Waals surface area contributed by atoms with Crippen LogP contribution >= 0.6 is 11.3 Å². The van der Waals surface area contributed by atoms with Gasteiger partial charge in [-0.25, -0.2) is 9.67 Å². The molecule has 28 heavy (non-hydrogen) atoms. The molecular weight excluding hydrogens is 374 g/mol. The van der Waals surface area contributed by atoms with Crippen molar-refractivity contribution in [2.75, 3.05) is 0 Å². The van der Waals surface area contributed by atoms with Gasteiger partial charge in [-0.05, 0) is 50.8 Å². The van der Waals surface area contributed by atoms with Gasteiger partial charge in [0.25, 0.3) is 11.5 Å². The number of carbonyl (C=O) groups is 1. The van der Waals surface area contributed by atoms with Crippen LogP contribution in [-0.4, -0.2) is 31.7 Å². The summed E-state index contributed by atoms with van der Waals surface area (Å²) in [4.78, 5) is 33.6. The summed E-state index contributed by atoms with van der Waals surface area (Å²) in [5, 5.41) is 7.69. The van der Waals surface area contributed by atoms with Gasteiger partial charge in [0.1, 0.15) is 4.88 Å². The molecule has 0 bridgehead atoms. The Hall–Kier alpha value is -2.87. The van der Waals surface area contributed by atoms with Gasteiger partial charge >= 0.3 is 0 Å². The van der Waals surface area contributed by atoms with Crippen LogP contribution in [0, 0.1) is 6.92 Å². The van der Waals surface area contributed by atoms with Gasteiger partial charge in [0.15, 0.2) is 0 Å². The fraction of sp³-hybridized carbons (Fsp3) is 0.350. The zero-order chi connectivity index (χ0) is 19.5. The molecule has 3 aromatic rings. The van der Waals surface area contributed by atoms with Crippen molar-refractivity contribution in [1.82, 2.24) is 25.1 Å². The number of hydrogen-bond acceptors (Lipinski definition) is 6. The quantitative estimate of drug-likeness (QED) is 0.733. The smallest absolute Gasteiger partial charge is 0.267 e. The van der Waals surface area contributed by atoms with Crippen molar-refractivity contribution in [1.29, 1.82) is 0 Å². The SMILES string of the molecule is Cc1ncsc1C(=O)NC1CCC(n2nc(-c3ccncc3)ccc2=O)CC1. The fourth-order valence-corrected chi connectivity index (χ4v) is 4.30. The number of aromatic nitrogens is 4. The molecule has 1 aliphatic rings. The average molecular weight is 395 g/mol. The van der Waals surface area contributed by atoms with E-state index in [9.17, 15) is 9.59 Å². The van der Waals surface area contributed by atoms with Crippen molar-refractivity contribution >= 4 is 17.2 Å². The van der Waals surface area contributed by atoms with Gasteiger partial charge in [-0.1, -0.05) is 0 Å². The molecule has 4 rings (SSSR count). The first-order chi connectivity index (χ1) is 13.6. The molecule has 7 nitrogen and oxygen atoms in total. The molecule has 144 valence electrons. The number of aryl methyl sites for hydroxylation is 1. The maximum absolute atomic E-state index is 12.4. The van der Waals surface area contributed by atoms with Crippen molar-refractivity contribution < 1.29 is 4.79 Å². The summed E-state index contributed by atoms with van der Waals surface area (Å²) in [6, 6.07) is 7.24. The molecule has 0 radical (unpaired) electrons. The fourth-order valence-electron chi connectivity index (χ4n) is 3.60. The summed E-state index contributed by atoms with van der Waals surface area (Å²) < 4.78 is 1.60. The van der Waals surface area contributed by atoms with Gasteiger partial charge in [0.2, 0.25) is 0 Å². The third-order valence-corrected chi connectivity index (χ3v) is 6.06. The van der Waals surface area contributed by atoms with Gasteiger partial charge in [0.05, 0.1) is 22.9 Å². The topological polar surface area (TPSA) is 89.8 Å². The van der Waals surface area contributed by atoms with Crippen LogP contribution in [-0.2, 0) is 0 Å². The molecule has 0 saturated heterocycles. The Balaban J connectivity index is 1.43. The molecule has 0 aliphatic heterocycles. The van der Waals surface area contributed by atoms with Gasteiger partial charge < -0.3 is 5.32 Å². The lowest BCUT2D eigenvalue weighted by Crippen LogP contribution is -2.39. The van der Waals surface area contributed by atoms with Crippen LogP contribution in [0.15, 0.2) is 47.0 Å². The molecule has 0 spiro atoms. The van der Waals surface area contributed by atoms with E-state index in [-0.39, 0.29) is 23.6 Å². The Morgan fingerprint density at radius 2 is 1.89 bits per heavy atom. The monoisotopic (exact) mass is 395 g/mol. The summed E-state index contributed by atoms with van der Waals surface area (Å²) >= 11 is 1.36. The molecule has 0 unspecified atom stereocenters. The first kappa shape index (κ1) is 18.5. The Labute approximate surface area is 166 Å². The third kappa shape index (κ3) is 3.87. The van der Waals surface area contributed by atoms with Gasteiger partial charge in [-0.3, -0.25) is 14.6 Å². The van der Waals surface area contributed by atoms with Crippen LogP contribution in [0.4, 0.5) is 0 Å². The minimum absolute atomic E-state index is 0.0487. The standard InChI is InChI=1S/C20H21N5O2S/c1-13-19(28-12-22-13)20(27)23-15-2-4-16(5-3-15)25-18(26)7-6-17(24-25)14-8-10-21-11-9-14/h6-12,15-16H,2-5H2,1H3,(H,23,27). The van der Waals surface area contributed by atoms with E-state index in [2.05, 4.69) is 20.4 Å². The number of rotatable bonds is 4. The van der Waals surface area contributed by atoms with Gasteiger partial charge in [-0.2, -0.15) is 5.10 Å². The predicted molar refractivity (Wildman–Crippen MR) is 107 cm³/mol. The lowest BCUT2D eigenvalue weighted by atomic mass is 9.91. The Morgan fingerprint density at radius 3 is 2.57 bits per heavy atom. The number of hydrogen-bond donors (Lipinski definition) is 1. The zero-order valence-electron chi connectivity index (χ0n) is 15.5. The summed E-state index contributed by atoms with van der Waals surface area (Å²) in [5.74, 6) is -0.0570. The lowest BCUT2D eigenvalue weighted by molar-refractivity contribution is 0.0924. The maximum atomic E-state index is 12.4. The second-order valence-electron chi connectivity index (χ2n) is 6.98. The Morgan fingerprint density at radius 1 is 1.14 bits per heavy atom. The lowest BCUT2D eigenvalue weighted by Gasteiger charge is -2.29. The maximum Gasteiger partial charge on any atom is 0.267 e. The van der Waals surface area contributed by atoms with E-state index in [1.54, 1.807) is 34.7 Å². The van der Waals surface area contributed by atoms with Crippen LogP contribution in [0.1, 0.15) is 47.1 Å². The van der Waals surface area contributed by atoms with Crippen LogP contribution in [0.25, 0.3) is 11.3 Å². The molecule has 1 amide bonds. The average Bonchev–Trinajstić information content (AvgIpc) is 3.16. The van der Waals surface area contributed by atoms with Crippen molar-refractivity contribution in [2.24, 2.45) is 0 Å². The molecule has 1 saturated carbocycles. The van der Waals surface area contributed by atoms with E-state index in [1.165, 1.54) is 11.3 Å². The minimum Gasteiger partial charge on any atom is -0.349 e. The molecule has 3 heterocycles. The number of pyridine rings is 1. The van der Waals surface area contributed by atoms with Crippen LogP contribution in [0.5, 0.6) is 0 Å². The molecule has 0 aromatic carbocycles. The molecule has 3 aromatic heterocycles. The summed E-state index contributed by atoms with van der Waals surface area (Å²) in [6.07, 6.45) is 6.68. The minimum atomic E-state index is -0.0921. The van der Waals surface area contributed by atoms with Crippen molar-refractivity contribution in [3.8, 4) is 11.3 Å². The van der Waals surface area contributed by atoms with Crippen LogP contribution in [0.3, 0.4) is 0 Å². The molecule has 1 aliphatic carbocycles. The van der Waals surface area contributed by atoms with E-state index < -0.39 is 0 Å². The van der Waals surface area contributed by atoms with E-state index in [0.717, 1.165) is 42.6 Å².